The van der Waals surface area contributed by atoms with Gasteiger partial charge in [-0.25, -0.2) is 4.98 Å². The molecule has 0 unspecified atom stereocenters. The van der Waals surface area contributed by atoms with Crippen LogP contribution in [0, 0.1) is 5.92 Å². The zero-order valence-electron chi connectivity index (χ0n) is 17.3. The Labute approximate surface area is 176 Å². The summed E-state index contributed by atoms with van der Waals surface area (Å²) in [7, 11) is 0. The molecule has 2 atom stereocenters. The maximum Gasteiger partial charge on any atom is 0.262 e. The number of thioether (sulfide) groups is 1. The third kappa shape index (κ3) is 4.37. The van der Waals surface area contributed by atoms with Crippen molar-refractivity contribution < 1.29 is 4.79 Å². The van der Waals surface area contributed by atoms with Crippen molar-refractivity contribution >= 4 is 28.6 Å². The van der Waals surface area contributed by atoms with Crippen LogP contribution in [0.5, 0.6) is 0 Å². The van der Waals surface area contributed by atoms with Crippen LogP contribution in [0.3, 0.4) is 0 Å². The number of carbonyl (C=O) groups excluding carboxylic acids is 1. The molecule has 2 aliphatic rings. The lowest BCUT2D eigenvalue weighted by Gasteiger charge is -2.44. The van der Waals surface area contributed by atoms with E-state index in [1.807, 2.05) is 24.3 Å². The van der Waals surface area contributed by atoms with Crippen LogP contribution in [0.15, 0.2) is 34.2 Å². The number of benzene rings is 1. The highest BCUT2D eigenvalue weighted by molar-refractivity contribution is 7.99. The summed E-state index contributed by atoms with van der Waals surface area (Å²) in [5.41, 5.74) is 0.717. The van der Waals surface area contributed by atoms with Crippen LogP contribution in [-0.2, 0) is 11.3 Å². The summed E-state index contributed by atoms with van der Waals surface area (Å²) in [4.78, 5) is 33.0. The molecule has 2 heterocycles. The van der Waals surface area contributed by atoms with Gasteiger partial charge in [-0.3, -0.25) is 14.2 Å². The van der Waals surface area contributed by atoms with E-state index in [1.165, 1.54) is 37.4 Å². The van der Waals surface area contributed by atoms with E-state index >= 15 is 0 Å². The molecule has 0 bridgehead atoms. The minimum Gasteiger partial charge on any atom is -0.339 e. The first kappa shape index (κ1) is 20.5. The van der Waals surface area contributed by atoms with Gasteiger partial charge in [-0.05, 0) is 50.2 Å². The highest BCUT2D eigenvalue weighted by atomic mass is 32.2. The van der Waals surface area contributed by atoms with E-state index in [9.17, 15) is 9.59 Å². The first-order valence-corrected chi connectivity index (χ1v) is 12.1. The molecule has 6 heteroatoms. The van der Waals surface area contributed by atoms with Gasteiger partial charge in [-0.1, -0.05) is 50.1 Å². The second-order valence-electron chi connectivity index (χ2n) is 8.35. The third-order valence-electron chi connectivity index (χ3n) is 6.45. The van der Waals surface area contributed by atoms with Gasteiger partial charge >= 0.3 is 0 Å². The topological polar surface area (TPSA) is 55.2 Å². The van der Waals surface area contributed by atoms with Crippen molar-refractivity contribution in [3.63, 3.8) is 0 Å². The number of amides is 1. The predicted molar refractivity (Wildman–Crippen MR) is 118 cm³/mol. The summed E-state index contributed by atoms with van der Waals surface area (Å²) < 4.78 is 1.77. The smallest absolute Gasteiger partial charge is 0.262 e. The number of carbonyl (C=O) groups is 1. The van der Waals surface area contributed by atoms with Gasteiger partial charge in [-0.15, -0.1) is 0 Å². The van der Waals surface area contributed by atoms with Crippen molar-refractivity contribution in [3.8, 4) is 0 Å². The van der Waals surface area contributed by atoms with Crippen molar-refractivity contribution in [2.75, 3.05) is 12.3 Å². The van der Waals surface area contributed by atoms with Crippen molar-refractivity contribution in [3.05, 3.63) is 34.6 Å². The highest BCUT2D eigenvalue weighted by Crippen LogP contribution is 2.35. The van der Waals surface area contributed by atoms with Gasteiger partial charge < -0.3 is 4.90 Å². The SMILES string of the molecule is CCCCn1c(SCC(=O)N2CCC[C@@H]3CCCC[C@@H]32)nc2ccccc2c1=O. The minimum absolute atomic E-state index is 0.00400. The van der Waals surface area contributed by atoms with Crippen molar-refractivity contribution in [2.45, 2.75) is 76.0 Å². The maximum absolute atomic E-state index is 13.1. The second-order valence-corrected chi connectivity index (χ2v) is 9.29. The lowest BCUT2D eigenvalue weighted by atomic mass is 9.78. The van der Waals surface area contributed by atoms with Gasteiger partial charge in [-0.2, -0.15) is 0 Å². The molecule has 2 aromatic rings. The monoisotopic (exact) mass is 413 g/mol. The fraction of sp³-hybridized carbons (Fsp3) is 0.609. The molecule has 0 radical (unpaired) electrons. The van der Waals surface area contributed by atoms with Crippen LogP contribution in [0.2, 0.25) is 0 Å². The molecule has 156 valence electrons. The third-order valence-corrected chi connectivity index (χ3v) is 7.41. The number of likely N-dealkylation sites (tertiary alicyclic amines) is 1. The van der Waals surface area contributed by atoms with Gasteiger partial charge in [0.15, 0.2) is 5.16 Å². The number of para-hydroxylation sites is 1. The number of hydrogen-bond acceptors (Lipinski definition) is 4. The van der Waals surface area contributed by atoms with Crippen LogP contribution < -0.4 is 5.56 Å². The molecular weight excluding hydrogens is 382 g/mol. The van der Waals surface area contributed by atoms with Gasteiger partial charge in [0.1, 0.15) is 0 Å². The van der Waals surface area contributed by atoms with E-state index in [0.29, 0.717) is 40.3 Å². The standard InChI is InChI=1S/C23H31N3O2S/c1-2-3-14-26-22(28)18-11-5-6-12-19(18)24-23(26)29-16-21(27)25-15-8-10-17-9-4-7-13-20(17)25/h5-6,11-12,17,20H,2-4,7-10,13-16H2,1H3/t17-,20-/m0/s1. The molecule has 0 spiro atoms. The highest BCUT2D eigenvalue weighted by Gasteiger charge is 2.35. The molecule has 1 amide bonds. The first-order valence-electron chi connectivity index (χ1n) is 11.1. The van der Waals surface area contributed by atoms with E-state index in [2.05, 4.69) is 11.8 Å². The molecule has 1 saturated heterocycles. The van der Waals surface area contributed by atoms with Crippen LogP contribution in [-0.4, -0.2) is 38.7 Å². The number of nitrogens with zero attached hydrogens (tertiary/aromatic N) is 3. The molecule has 5 nitrogen and oxygen atoms in total. The zero-order valence-corrected chi connectivity index (χ0v) is 18.1. The molecule has 1 saturated carbocycles. The number of fused-ring (bicyclic) bond motifs is 2. The van der Waals surface area contributed by atoms with Crippen molar-refractivity contribution in [2.24, 2.45) is 5.92 Å². The molecule has 29 heavy (non-hydrogen) atoms. The first-order chi connectivity index (χ1) is 14.2. The average molecular weight is 414 g/mol. The Balaban J connectivity index is 1.54. The summed E-state index contributed by atoms with van der Waals surface area (Å²) >= 11 is 1.43. The number of hydrogen-bond donors (Lipinski definition) is 0. The van der Waals surface area contributed by atoms with Gasteiger partial charge in [0.2, 0.25) is 5.91 Å². The quantitative estimate of drug-likeness (QED) is 0.518. The number of piperidine rings is 1. The molecule has 1 aromatic heterocycles. The summed E-state index contributed by atoms with van der Waals surface area (Å²) in [5.74, 6) is 1.25. The van der Waals surface area contributed by atoms with Crippen molar-refractivity contribution in [1.29, 1.82) is 0 Å². The second kappa shape index (κ2) is 9.33. The molecule has 0 N–H and O–H groups in total. The van der Waals surface area contributed by atoms with Crippen molar-refractivity contribution in [1.82, 2.24) is 14.5 Å². The van der Waals surface area contributed by atoms with Crippen LogP contribution >= 0.6 is 11.8 Å². The Kier molecular flexibility index (Phi) is 6.58. The normalized spacial score (nSPS) is 21.9. The van der Waals surface area contributed by atoms with Gasteiger partial charge in [0.25, 0.3) is 5.56 Å². The Bertz CT molecular complexity index is 924. The molecule has 1 aromatic carbocycles. The predicted octanol–water partition coefficient (Wildman–Crippen LogP) is 4.47. The minimum atomic E-state index is 0.00400. The van der Waals surface area contributed by atoms with E-state index in [4.69, 9.17) is 4.98 Å². The Hall–Kier alpha value is -1.82. The molecule has 1 aliphatic heterocycles. The molecular formula is C23H31N3O2S. The van der Waals surface area contributed by atoms with Crippen LogP contribution in [0.25, 0.3) is 10.9 Å². The fourth-order valence-corrected chi connectivity index (χ4v) is 5.83. The van der Waals surface area contributed by atoms with E-state index in [0.717, 1.165) is 32.2 Å². The maximum atomic E-state index is 13.1. The van der Waals surface area contributed by atoms with E-state index in [-0.39, 0.29) is 11.5 Å². The lowest BCUT2D eigenvalue weighted by molar-refractivity contribution is -0.134. The summed E-state index contributed by atoms with van der Waals surface area (Å²) in [6.07, 6.45) is 9.29. The lowest BCUT2D eigenvalue weighted by Crippen LogP contribution is -2.50. The Morgan fingerprint density at radius 3 is 2.83 bits per heavy atom. The summed E-state index contributed by atoms with van der Waals surface area (Å²) in [6.45, 7) is 3.65. The summed E-state index contributed by atoms with van der Waals surface area (Å²) in [5, 5.41) is 1.33. The van der Waals surface area contributed by atoms with Gasteiger partial charge in [0, 0.05) is 19.1 Å². The van der Waals surface area contributed by atoms with E-state index < -0.39 is 0 Å². The average Bonchev–Trinajstić information content (AvgIpc) is 2.76. The Morgan fingerprint density at radius 1 is 1.17 bits per heavy atom. The van der Waals surface area contributed by atoms with Crippen LogP contribution in [0.4, 0.5) is 0 Å². The van der Waals surface area contributed by atoms with E-state index in [1.54, 1.807) is 4.57 Å². The Morgan fingerprint density at radius 2 is 1.97 bits per heavy atom. The molecule has 2 fully saturated rings. The van der Waals surface area contributed by atoms with Gasteiger partial charge in [0.05, 0.1) is 16.7 Å². The number of rotatable bonds is 6. The fourth-order valence-electron chi connectivity index (χ4n) is 4.91. The number of unbranched alkanes of at least 4 members (excludes halogenated alkanes) is 1. The molecule has 1 aliphatic carbocycles. The largest absolute Gasteiger partial charge is 0.339 e. The summed E-state index contributed by atoms with van der Waals surface area (Å²) in [6, 6.07) is 7.93. The zero-order chi connectivity index (χ0) is 20.2. The number of aromatic nitrogens is 2. The van der Waals surface area contributed by atoms with Crippen LogP contribution in [0.1, 0.15) is 58.3 Å². The molecule has 4 rings (SSSR count).